The molecule has 1 amide bonds. The van der Waals surface area contributed by atoms with E-state index < -0.39 is 0 Å². The van der Waals surface area contributed by atoms with Gasteiger partial charge in [0.15, 0.2) is 11.5 Å². The van der Waals surface area contributed by atoms with Gasteiger partial charge in [-0.05, 0) is 25.8 Å². The summed E-state index contributed by atoms with van der Waals surface area (Å²) >= 11 is 0. The maximum atomic E-state index is 12.8. The molecule has 0 saturated heterocycles. The lowest BCUT2D eigenvalue weighted by Gasteiger charge is -2.12. The number of carbonyl (C=O) groups excluding carboxylic acids is 1. The number of aryl methyl sites for hydroxylation is 1. The highest BCUT2D eigenvalue weighted by atomic mass is 16.1. The molecule has 3 rings (SSSR count). The third kappa shape index (κ3) is 2.89. The molecule has 3 heterocycles. The first kappa shape index (κ1) is 16.2. The van der Waals surface area contributed by atoms with E-state index in [1.54, 1.807) is 23.1 Å². The first-order valence-electron chi connectivity index (χ1n) is 8.06. The summed E-state index contributed by atoms with van der Waals surface area (Å²) in [6.45, 7) is 8.21. The van der Waals surface area contributed by atoms with Gasteiger partial charge in [0.05, 0.1) is 17.1 Å². The van der Waals surface area contributed by atoms with Gasteiger partial charge in [-0.15, -0.1) is 0 Å². The SMILES string of the molecule is CC(C)c1cc(C(=O)Nc2ccn(C)n2)c2cnn(C(C)C)c2n1. The fourth-order valence-electron chi connectivity index (χ4n) is 2.56. The third-order valence-corrected chi connectivity index (χ3v) is 3.87. The average molecular weight is 326 g/mol. The third-order valence-electron chi connectivity index (χ3n) is 3.87. The molecule has 0 bridgehead atoms. The lowest BCUT2D eigenvalue weighted by Crippen LogP contribution is -2.14. The molecular formula is C17H22N6O. The minimum Gasteiger partial charge on any atom is -0.305 e. The largest absolute Gasteiger partial charge is 0.305 e. The van der Waals surface area contributed by atoms with E-state index in [9.17, 15) is 4.79 Å². The molecule has 3 aromatic heterocycles. The number of rotatable bonds is 4. The van der Waals surface area contributed by atoms with Gasteiger partial charge < -0.3 is 5.32 Å². The van der Waals surface area contributed by atoms with Crippen molar-refractivity contribution in [2.24, 2.45) is 7.05 Å². The summed E-state index contributed by atoms with van der Waals surface area (Å²) < 4.78 is 3.49. The smallest absolute Gasteiger partial charge is 0.257 e. The van der Waals surface area contributed by atoms with Crippen molar-refractivity contribution >= 4 is 22.8 Å². The van der Waals surface area contributed by atoms with Gasteiger partial charge in [0.1, 0.15) is 0 Å². The Bertz CT molecular complexity index is 890. The summed E-state index contributed by atoms with van der Waals surface area (Å²) in [5, 5.41) is 12.2. The van der Waals surface area contributed by atoms with Crippen LogP contribution in [0.3, 0.4) is 0 Å². The zero-order valence-electron chi connectivity index (χ0n) is 14.6. The number of nitrogens with one attached hydrogen (secondary N) is 1. The zero-order valence-corrected chi connectivity index (χ0v) is 14.6. The normalized spacial score (nSPS) is 11.6. The summed E-state index contributed by atoms with van der Waals surface area (Å²) in [6, 6.07) is 3.78. The fraction of sp³-hybridized carbons (Fsp3) is 0.412. The molecule has 0 atom stereocenters. The minimum atomic E-state index is -0.202. The number of amides is 1. The van der Waals surface area contributed by atoms with E-state index in [2.05, 4.69) is 29.4 Å². The predicted molar refractivity (Wildman–Crippen MR) is 93.2 cm³/mol. The van der Waals surface area contributed by atoms with Crippen molar-refractivity contribution in [3.63, 3.8) is 0 Å². The lowest BCUT2D eigenvalue weighted by atomic mass is 10.0. The van der Waals surface area contributed by atoms with Crippen molar-refractivity contribution in [3.8, 4) is 0 Å². The van der Waals surface area contributed by atoms with Crippen molar-refractivity contribution in [3.05, 3.63) is 35.8 Å². The average Bonchev–Trinajstić information content (AvgIpc) is 3.11. The Kier molecular flexibility index (Phi) is 4.09. The van der Waals surface area contributed by atoms with Crippen molar-refractivity contribution in [1.82, 2.24) is 24.5 Å². The van der Waals surface area contributed by atoms with Crippen LogP contribution in [0.1, 0.15) is 55.7 Å². The summed E-state index contributed by atoms with van der Waals surface area (Å²) in [4.78, 5) is 17.5. The van der Waals surface area contributed by atoms with E-state index in [-0.39, 0.29) is 17.9 Å². The summed E-state index contributed by atoms with van der Waals surface area (Å²) in [5.74, 6) is 0.535. The summed E-state index contributed by atoms with van der Waals surface area (Å²) in [7, 11) is 1.81. The Hall–Kier alpha value is -2.70. The van der Waals surface area contributed by atoms with Crippen LogP contribution in [-0.2, 0) is 7.05 Å². The molecule has 7 nitrogen and oxygen atoms in total. The molecule has 0 unspecified atom stereocenters. The number of pyridine rings is 1. The van der Waals surface area contributed by atoms with E-state index in [4.69, 9.17) is 4.98 Å². The van der Waals surface area contributed by atoms with Crippen LogP contribution in [-0.4, -0.2) is 30.5 Å². The van der Waals surface area contributed by atoms with Gasteiger partial charge in [-0.2, -0.15) is 10.2 Å². The van der Waals surface area contributed by atoms with Crippen LogP contribution in [0.25, 0.3) is 11.0 Å². The molecule has 7 heteroatoms. The molecule has 1 N–H and O–H groups in total. The highest BCUT2D eigenvalue weighted by Gasteiger charge is 2.19. The van der Waals surface area contributed by atoms with E-state index in [0.717, 1.165) is 16.7 Å². The molecular weight excluding hydrogens is 304 g/mol. The number of carbonyl (C=O) groups is 1. The number of hydrogen-bond donors (Lipinski definition) is 1. The number of aromatic nitrogens is 5. The van der Waals surface area contributed by atoms with Crippen LogP contribution in [0, 0.1) is 0 Å². The fourth-order valence-corrected chi connectivity index (χ4v) is 2.56. The first-order chi connectivity index (χ1) is 11.4. The van der Waals surface area contributed by atoms with Crippen LogP contribution in [0.2, 0.25) is 0 Å². The molecule has 0 saturated carbocycles. The first-order valence-corrected chi connectivity index (χ1v) is 8.06. The molecule has 3 aromatic rings. The Morgan fingerprint density at radius 1 is 1.25 bits per heavy atom. The summed E-state index contributed by atoms with van der Waals surface area (Å²) in [6.07, 6.45) is 3.49. The van der Waals surface area contributed by atoms with Gasteiger partial charge in [0.2, 0.25) is 0 Å². The van der Waals surface area contributed by atoms with Crippen molar-refractivity contribution < 1.29 is 4.79 Å². The quantitative estimate of drug-likeness (QED) is 0.799. The molecule has 24 heavy (non-hydrogen) atoms. The van der Waals surface area contributed by atoms with Gasteiger partial charge in [-0.25, -0.2) is 9.67 Å². The van der Waals surface area contributed by atoms with Gasteiger partial charge in [0, 0.05) is 31.0 Å². The van der Waals surface area contributed by atoms with Crippen LogP contribution in [0.4, 0.5) is 5.82 Å². The number of nitrogens with zero attached hydrogens (tertiary/aromatic N) is 5. The van der Waals surface area contributed by atoms with Gasteiger partial charge in [0.25, 0.3) is 5.91 Å². The monoisotopic (exact) mass is 326 g/mol. The Labute approximate surface area is 140 Å². The van der Waals surface area contributed by atoms with Crippen LogP contribution in [0.5, 0.6) is 0 Å². The van der Waals surface area contributed by atoms with E-state index in [1.807, 2.05) is 31.6 Å². The standard InChI is InChI=1S/C17H22N6O/c1-10(2)14-8-12(17(24)20-15-6-7-22(5)21-15)13-9-18-23(11(3)4)16(13)19-14/h6-11H,1-5H3,(H,20,21,24). The number of hydrogen-bond acceptors (Lipinski definition) is 4. The maximum Gasteiger partial charge on any atom is 0.257 e. The Balaban J connectivity index is 2.09. The van der Waals surface area contributed by atoms with Crippen LogP contribution >= 0.6 is 0 Å². The van der Waals surface area contributed by atoms with E-state index in [0.29, 0.717) is 11.4 Å². The molecule has 0 aromatic carbocycles. The second-order valence-electron chi connectivity index (χ2n) is 6.50. The van der Waals surface area contributed by atoms with Crippen molar-refractivity contribution in [2.45, 2.75) is 39.7 Å². The highest BCUT2D eigenvalue weighted by molar-refractivity contribution is 6.11. The Morgan fingerprint density at radius 3 is 2.58 bits per heavy atom. The Morgan fingerprint density at radius 2 is 2.00 bits per heavy atom. The molecule has 0 aliphatic carbocycles. The molecule has 0 aliphatic heterocycles. The minimum absolute atomic E-state index is 0.170. The molecule has 0 fully saturated rings. The zero-order chi connectivity index (χ0) is 17.4. The second kappa shape index (κ2) is 6.07. The van der Waals surface area contributed by atoms with Crippen LogP contribution < -0.4 is 5.32 Å². The number of fused-ring (bicyclic) bond motifs is 1. The van der Waals surface area contributed by atoms with Gasteiger partial charge in [-0.1, -0.05) is 13.8 Å². The second-order valence-corrected chi connectivity index (χ2v) is 6.50. The summed E-state index contributed by atoms with van der Waals surface area (Å²) in [5.41, 5.74) is 2.18. The van der Waals surface area contributed by atoms with Gasteiger partial charge >= 0.3 is 0 Å². The predicted octanol–water partition coefficient (Wildman–Crippen LogP) is 3.12. The topological polar surface area (TPSA) is 77.6 Å². The van der Waals surface area contributed by atoms with Crippen LogP contribution in [0.15, 0.2) is 24.5 Å². The van der Waals surface area contributed by atoms with Gasteiger partial charge in [-0.3, -0.25) is 9.48 Å². The number of anilines is 1. The van der Waals surface area contributed by atoms with E-state index in [1.165, 1.54) is 0 Å². The maximum absolute atomic E-state index is 12.8. The van der Waals surface area contributed by atoms with E-state index >= 15 is 0 Å². The molecule has 126 valence electrons. The van der Waals surface area contributed by atoms with Crippen molar-refractivity contribution in [1.29, 1.82) is 0 Å². The lowest BCUT2D eigenvalue weighted by molar-refractivity contribution is 0.102. The van der Waals surface area contributed by atoms with Crippen molar-refractivity contribution in [2.75, 3.05) is 5.32 Å². The molecule has 0 spiro atoms. The highest BCUT2D eigenvalue weighted by Crippen LogP contribution is 2.25. The molecule has 0 aliphatic rings. The molecule has 0 radical (unpaired) electrons.